The minimum absolute atomic E-state index is 0.0705. The van der Waals surface area contributed by atoms with Gasteiger partial charge in [-0.05, 0) is 68.6 Å². The van der Waals surface area contributed by atoms with Crippen LogP contribution in [0, 0.1) is 22.7 Å². The van der Waals surface area contributed by atoms with Crippen LogP contribution in [-0.4, -0.2) is 21.9 Å². The van der Waals surface area contributed by atoms with Gasteiger partial charge in [0.1, 0.15) is 0 Å². The average molecular weight is 306 g/mol. The van der Waals surface area contributed by atoms with E-state index in [1.54, 1.807) is 0 Å². The monoisotopic (exact) mass is 306 g/mol. The molecule has 0 saturated heterocycles. The summed E-state index contributed by atoms with van der Waals surface area (Å²) in [7, 11) is 0. The molecule has 0 radical (unpaired) electrons. The number of hydrogen-bond acceptors (Lipinski definition) is 2. The van der Waals surface area contributed by atoms with Crippen molar-refractivity contribution in [3.05, 3.63) is 24.3 Å². The van der Waals surface area contributed by atoms with E-state index in [9.17, 15) is 10.2 Å². The van der Waals surface area contributed by atoms with E-state index in [4.69, 9.17) is 0 Å². The highest BCUT2D eigenvalue weighted by Gasteiger charge is 2.59. The van der Waals surface area contributed by atoms with Gasteiger partial charge in [0.25, 0.3) is 0 Å². The van der Waals surface area contributed by atoms with Crippen molar-refractivity contribution in [3.63, 3.8) is 0 Å². The van der Waals surface area contributed by atoms with Crippen LogP contribution in [0.25, 0.3) is 0 Å². The Kier molecular flexibility index (Phi) is 4.68. The first kappa shape index (κ1) is 17.7. The predicted octanol–water partition coefficient (Wildman–Crippen LogP) is 4.47. The van der Waals surface area contributed by atoms with Gasteiger partial charge in [-0.1, -0.05) is 45.1 Å². The average Bonchev–Trinajstić information content (AvgIpc) is 2.41. The molecule has 0 aromatic carbocycles. The maximum Gasteiger partial charge on any atom is 0.0656 e. The summed E-state index contributed by atoms with van der Waals surface area (Å²) in [6, 6.07) is 0. The van der Waals surface area contributed by atoms with Crippen molar-refractivity contribution < 1.29 is 10.2 Å². The molecule has 2 saturated carbocycles. The van der Waals surface area contributed by atoms with Gasteiger partial charge in [-0.25, -0.2) is 0 Å². The first-order valence-electron chi connectivity index (χ1n) is 8.75. The van der Waals surface area contributed by atoms with Gasteiger partial charge in [-0.3, -0.25) is 0 Å². The van der Waals surface area contributed by atoms with Crippen LogP contribution in [0.4, 0.5) is 0 Å². The maximum atomic E-state index is 11.0. The number of rotatable bonds is 3. The fourth-order valence-corrected chi connectivity index (χ4v) is 5.43. The number of aliphatic hydroxyl groups excluding tert-OH is 1. The zero-order valence-electron chi connectivity index (χ0n) is 15.0. The van der Waals surface area contributed by atoms with Crippen LogP contribution in [0.5, 0.6) is 0 Å². The zero-order chi connectivity index (χ0) is 16.8. The second-order valence-electron chi connectivity index (χ2n) is 8.77. The maximum absolute atomic E-state index is 11.0. The molecule has 2 fully saturated rings. The quantitative estimate of drug-likeness (QED) is 0.755. The highest BCUT2D eigenvalue weighted by atomic mass is 16.3. The van der Waals surface area contributed by atoms with E-state index in [0.717, 1.165) is 32.1 Å². The van der Waals surface area contributed by atoms with Gasteiger partial charge in [-0.15, -0.1) is 0 Å². The van der Waals surface area contributed by atoms with E-state index in [1.807, 2.05) is 13.0 Å². The smallest absolute Gasteiger partial charge is 0.0656 e. The summed E-state index contributed by atoms with van der Waals surface area (Å²) in [6.07, 6.45) is 8.46. The minimum atomic E-state index is -0.623. The number of aliphatic hydroxyl groups is 2. The lowest BCUT2D eigenvalue weighted by molar-refractivity contribution is -0.193. The fraction of sp³-hybridized carbons (Fsp3) is 0.800. The molecule has 2 rings (SSSR count). The predicted molar refractivity (Wildman–Crippen MR) is 92.5 cm³/mol. The molecule has 0 aliphatic heterocycles. The first-order chi connectivity index (χ1) is 10.1. The molecule has 0 spiro atoms. The van der Waals surface area contributed by atoms with Gasteiger partial charge < -0.3 is 10.2 Å². The van der Waals surface area contributed by atoms with E-state index in [0.29, 0.717) is 5.92 Å². The molecule has 0 bridgehead atoms. The van der Waals surface area contributed by atoms with Crippen LogP contribution < -0.4 is 0 Å². The Balaban J connectivity index is 2.37. The van der Waals surface area contributed by atoms with Crippen LogP contribution in [-0.2, 0) is 0 Å². The Morgan fingerprint density at radius 1 is 1.18 bits per heavy atom. The molecule has 2 aliphatic rings. The van der Waals surface area contributed by atoms with Crippen molar-refractivity contribution in [1.82, 2.24) is 0 Å². The summed E-state index contributed by atoms with van der Waals surface area (Å²) in [5.41, 5.74) is 0.569. The molecular formula is C20H34O2. The third kappa shape index (κ3) is 2.80. The van der Waals surface area contributed by atoms with E-state index in [2.05, 4.69) is 40.3 Å². The Morgan fingerprint density at radius 2 is 1.82 bits per heavy atom. The zero-order valence-corrected chi connectivity index (χ0v) is 15.0. The molecule has 2 N–H and O–H groups in total. The number of fused-ring (bicyclic) bond motifs is 1. The van der Waals surface area contributed by atoms with Crippen LogP contribution >= 0.6 is 0 Å². The summed E-state index contributed by atoms with van der Waals surface area (Å²) in [5.74, 6) is 0.701. The summed E-state index contributed by atoms with van der Waals surface area (Å²) < 4.78 is 0. The van der Waals surface area contributed by atoms with Crippen molar-refractivity contribution in [2.45, 2.75) is 78.4 Å². The molecule has 0 aromatic heterocycles. The SMILES string of the molecule is C=CC(C)=CC[C@@H]1[C@@]2(C)CCC(O)C(C)(C)[C@@H]2CC[C@@]1(C)O. The Bertz CT molecular complexity index is 460. The van der Waals surface area contributed by atoms with E-state index in [1.165, 1.54) is 5.57 Å². The summed E-state index contributed by atoms with van der Waals surface area (Å²) in [5, 5.41) is 21.5. The van der Waals surface area contributed by atoms with Gasteiger partial charge >= 0.3 is 0 Å². The molecule has 1 unspecified atom stereocenters. The van der Waals surface area contributed by atoms with Gasteiger partial charge in [0.2, 0.25) is 0 Å². The topological polar surface area (TPSA) is 40.5 Å². The van der Waals surface area contributed by atoms with Crippen molar-refractivity contribution >= 4 is 0 Å². The third-order valence-corrected chi connectivity index (χ3v) is 6.99. The normalized spacial score (nSPS) is 45.2. The second-order valence-corrected chi connectivity index (χ2v) is 8.77. The lowest BCUT2D eigenvalue weighted by Gasteiger charge is -2.62. The van der Waals surface area contributed by atoms with Crippen LogP contribution in [0.2, 0.25) is 0 Å². The van der Waals surface area contributed by atoms with Crippen molar-refractivity contribution in [2.24, 2.45) is 22.7 Å². The van der Waals surface area contributed by atoms with E-state index < -0.39 is 5.60 Å². The standard InChI is InChI=1S/C20H34O2/c1-7-14(2)8-9-16-19(5)12-11-17(21)18(3,4)15(19)10-13-20(16,6)22/h7-8,15-17,21-22H,1,9-13H2,2-6H3/t15-,16+,17?,19-,20+/m0/s1. The molecule has 2 aliphatic carbocycles. The van der Waals surface area contributed by atoms with Crippen LogP contribution in [0.15, 0.2) is 24.3 Å². The van der Waals surface area contributed by atoms with Crippen LogP contribution in [0.1, 0.15) is 66.7 Å². The van der Waals surface area contributed by atoms with Gasteiger partial charge in [0.05, 0.1) is 11.7 Å². The van der Waals surface area contributed by atoms with Crippen molar-refractivity contribution in [1.29, 1.82) is 0 Å². The van der Waals surface area contributed by atoms with E-state index >= 15 is 0 Å². The first-order valence-corrected chi connectivity index (χ1v) is 8.75. The molecule has 0 heterocycles. The highest BCUT2D eigenvalue weighted by Crippen LogP contribution is 2.62. The molecule has 0 aromatic rings. The molecular weight excluding hydrogens is 272 g/mol. The van der Waals surface area contributed by atoms with Gasteiger partial charge in [0.15, 0.2) is 0 Å². The molecule has 22 heavy (non-hydrogen) atoms. The van der Waals surface area contributed by atoms with Crippen molar-refractivity contribution in [3.8, 4) is 0 Å². The second kappa shape index (κ2) is 5.79. The highest BCUT2D eigenvalue weighted by molar-refractivity contribution is 5.16. The van der Waals surface area contributed by atoms with Crippen LogP contribution in [0.3, 0.4) is 0 Å². The molecule has 126 valence electrons. The summed E-state index contributed by atoms with van der Waals surface area (Å²) in [4.78, 5) is 0. The van der Waals surface area contributed by atoms with Gasteiger partial charge in [-0.2, -0.15) is 0 Å². The number of hydrogen-bond donors (Lipinski definition) is 2. The fourth-order valence-electron chi connectivity index (χ4n) is 5.43. The molecule has 2 nitrogen and oxygen atoms in total. The van der Waals surface area contributed by atoms with E-state index in [-0.39, 0.29) is 22.9 Å². The molecule has 5 atom stereocenters. The lowest BCUT2D eigenvalue weighted by Crippen LogP contribution is -2.60. The minimum Gasteiger partial charge on any atom is -0.393 e. The Labute approximate surface area is 136 Å². The van der Waals surface area contributed by atoms with Gasteiger partial charge in [0, 0.05) is 0 Å². The number of allylic oxidation sites excluding steroid dienone is 3. The molecule has 2 heteroatoms. The van der Waals surface area contributed by atoms with Crippen molar-refractivity contribution in [2.75, 3.05) is 0 Å². The third-order valence-electron chi connectivity index (χ3n) is 6.99. The lowest BCUT2D eigenvalue weighted by atomic mass is 9.44. The Morgan fingerprint density at radius 3 is 2.41 bits per heavy atom. The molecule has 0 amide bonds. The summed E-state index contributed by atoms with van der Waals surface area (Å²) in [6.45, 7) is 14.7. The largest absolute Gasteiger partial charge is 0.393 e. The Hall–Kier alpha value is -0.600. The summed E-state index contributed by atoms with van der Waals surface area (Å²) >= 11 is 0.